The maximum absolute atomic E-state index is 4.94. The van der Waals surface area contributed by atoms with Crippen molar-refractivity contribution in [2.24, 2.45) is 0 Å². The van der Waals surface area contributed by atoms with Crippen LogP contribution in [0, 0.1) is 48.5 Å². The standard InChI is InChI=1S/C25H29N/c1-15-11-17(3)23(18(4)12-15)25(22-10-8-9-21(7)26-22)24-19(5)13-16(2)14-20(24)6/h8-14,25H,1-7H3. The molecule has 0 saturated carbocycles. The second-order valence-electron chi connectivity index (χ2n) is 7.76. The summed E-state index contributed by atoms with van der Waals surface area (Å²) in [6.07, 6.45) is 0. The van der Waals surface area contributed by atoms with E-state index in [1.54, 1.807) is 0 Å². The second kappa shape index (κ2) is 7.07. The minimum absolute atomic E-state index is 0.163. The number of rotatable bonds is 3. The maximum Gasteiger partial charge on any atom is 0.0526 e. The van der Waals surface area contributed by atoms with Gasteiger partial charge in [-0.3, -0.25) is 4.98 Å². The van der Waals surface area contributed by atoms with Gasteiger partial charge in [-0.1, -0.05) is 41.5 Å². The second-order valence-corrected chi connectivity index (χ2v) is 7.76. The third kappa shape index (κ3) is 3.44. The molecule has 0 spiro atoms. The molecular formula is C25H29N. The summed E-state index contributed by atoms with van der Waals surface area (Å²) in [5.41, 5.74) is 13.0. The molecule has 1 nitrogen and oxygen atoms in total. The van der Waals surface area contributed by atoms with Gasteiger partial charge in [0.15, 0.2) is 0 Å². The van der Waals surface area contributed by atoms with Gasteiger partial charge in [0.05, 0.1) is 11.6 Å². The van der Waals surface area contributed by atoms with Crippen molar-refractivity contribution in [2.45, 2.75) is 54.4 Å². The molecule has 0 aliphatic rings. The molecule has 0 unspecified atom stereocenters. The van der Waals surface area contributed by atoms with Crippen molar-refractivity contribution in [1.82, 2.24) is 4.98 Å². The Balaban J connectivity index is 2.36. The number of aromatic nitrogens is 1. The van der Waals surface area contributed by atoms with Crippen molar-refractivity contribution in [1.29, 1.82) is 0 Å². The normalized spacial score (nSPS) is 11.2. The predicted octanol–water partition coefficient (Wildman–Crippen LogP) is 6.42. The molecule has 0 aliphatic carbocycles. The summed E-state index contributed by atoms with van der Waals surface area (Å²) >= 11 is 0. The Kier molecular flexibility index (Phi) is 5.00. The van der Waals surface area contributed by atoms with Crippen molar-refractivity contribution in [3.63, 3.8) is 0 Å². The minimum Gasteiger partial charge on any atom is -0.257 e. The third-order valence-corrected chi connectivity index (χ3v) is 5.26. The highest BCUT2D eigenvalue weighted by atomic mass is 14.7. The molecule has 0 saturated heterocycles. The Morgan fingerprint density at radius 1 is 0.615 bits per heavy atom. The fourth-order valence-corrected chi connectivity index (χ4v) is 4.46. The van der Waals surface area contributed by atoms with E-state index in [-0.39, 0.29) is 5.92 Å². The average molecular weight is 344 g/mol. The summed E-state index contributed by atoms with van der Waals surface area (Å²) in [5, 5.41) is 0. The van der Waals surface area contributed by atoms with Crippen LogP contribution >= 0.6 is 0 Å². The van der Waals surface area contributed by atoms with E-state index in [1.807, 2.05) is 0 Å². The monoisotopic (exact) mass is 343 g/mol. The molecule has 0 radical (unpaired) electrons. The Morgan fingerprint density at radius 2 is 1.04 bits per heavy atom. The lowest BCUT2D eigenvalue weighted by atomic mass is 9.78. The summed E-state index contributed by atoms with van der Waals surface area (Å²) in [6.45, 7) is 15.4. The van der Waals surface area contributed by atoms with Gasteiger partial charge in [0.2, 0.25) is 0 Å². The molecular weight excluding hydrogens is 314 g/mol. The van der Waals surface area contributed by atoms with Crippen molar-refractivity contribution in [2.75, 3.05) is 0 Å². The van der Waals surface area contributed by atoms with Crippen molar-refractivity contribution in [3.8, 4) is 0 Å². The van der Waals surface area contributed by atoms with Crippen LogP contribution in [-0.2, 0) is 0 Å². The van der Waals surface area contributed by atoms with Gasteiger partial charge < -0.3 is 0 Å². The summed E-state index contributed by atoms with van der Waals surface area (Å²) in [5.74, 6) is 0.163. The highest BCUT2D eigenvalue weighted by Crippen LogP contribution is 2.39. The first-order valence-electron chi connectivity index (χ1n) is 9.37. The molecule has 0 fully saturated rings. The average Bonchev–Trinajstić information content (AvgIpc) is 2.51. The molecule has 3 aromatic rings. The molecule has 0 aliphatic heterocycles. The number of nitrogens with zero attached hydrogens (tertiary/aromatic N) is 1. The van der Waals surface area contributed by atoms with Gasteiger partial charge in [0.25, 0.3) is 0 Å². The van der Waals surface area contributed by atoms with Gasteiger partial charge in [-0.15, -0.1) is 0 Å². The van der Waals surface area contributed by atoms with E-state index < -0.39 is 0 Å². The predicted molar refractivity (Wildman–Crippen MR) is 111 cm³/mol. The lowest BCUT2D eigenvalue weighted by Gasteiger charge is -2.26. The van der Waals surface area contributed by atoms with E-state index in [2.05, 4.69) is 90.9 Å². The van der Waals surface area contributed by atoms with Crippen molar-refractivity contribution < 1.29 is 0 Å². The molecule has 3 rings (SSSR count). The first kappa shape index (κ1) is 18.4. The largest absolute Gasteiger partial charge is 0.257 e. The molecule has 0 N–H and O–H groups in total. The molecule has 0 amide bonds. The van der Waals surface area contributed by atoms with Crippen LogP contribution in [0.15, 0.2) is 42.5 Å². The first-order valence-corrected chi connectivity index (χ1v) is 9.37. The molecule has 26 heavy (non-hydrogen) atoms. The Morgan fingerprint density at radius 3 is 1.42 bits per heavy atom. The van der Waals surface area contributed by atoms with Gasteiger partial charge in [0.1, 0.15) is 0 Å². The Bertz CT molecular complexity index is 862. The highest BCUT2D eigenvalue weighted by molar-refractivity contribution is 5.54. The Hall–Kier alpha value is -2.41. The molecule has 1 aromatic heterocycles. The minimum atomic E-state index is 0.163. The fraction of sp³-hybridized carbons (Fsp3) is 0.320. The molecule has 0 atom stereocenters. The molecule has 0 bridgehead atoms. The number of pyridine rings is 1. The summed E-state index contributed by atoms with van der Waals surface area (Å²) in [6, 6.07) is 15.6. The quantitative estimate of drug-likeness (QED) is 0.534. The molecule has 1 heterocycles. The lowest BCUT2D eigenvalue weighted by Crippen LogP contribution is -2.13. The van der Waals surface area contributed by atoms with Crippen LogP contribution in [0.25, 0.3) is 0 Å². The smallest absolute Gasteiger partial charge is 0.0526 e. The molecule has 2 aromatic carbocycles. The van der Waals surface area contributed by atoms with Gasteiger partial charge in [-0.05, 0) is 94.0 Å². The van der Waals surface area contributed by atoms with E-state index in [4.69, 9.17) is 4.98 Å². The van der Waals surface area contributed by atoms with E-state index in [9.17, 15) is 0 Å². The number of hydrogen-bond acceptors (Lipinski definition) is 1. The van der Waals surface area contributed by atoms with Crippen LogP contribution in [0.2, 0.25) is 0 Å². The van der Waals surface area contributed by atoms with Crippen LogP contribution < -0.4 is 0 Å². The zero-order valence-corrected chi connectivity index (χ0v) is 17.1. The van der Waals surface area contributed by atoms with Crippen LogP contribution in [0.1, 0.15) is 61.8 Å². The number of hydrogen-bond donors (Lipinski definition) is 0. The van der Waals surface area contributed by atoms with E-state index in [0.29, 0.717) is 0 Å². The molecule has 134 valence electrons. The number of benzene rings is 2. The van der Waals surface area contributed by atoms with E-state index in [0.717, 1.165) is 11.4 Å². The van der Waals surface area contributed by atoms with Crippen LogP contribution in [0.5, 0.6) is 0 Å². The van der Waals surface area contributed by atoms with Gasteiger partial charge in [-0.2, -0.15) is 0 Å². The van der Waals surface area contributed by atoms with E-state index in [1.165, 1.54) is 44.5 Å². The lowest BCUT2D eigenvalue weighted by molar-refractivity contribution is 0.868. The fourth-order valence-electron chi connectivity index (χ4n) is 4.46. The zero-order valence-electron chi connectivity index (χ0n) is 17.1. The number of aryl methyl sites for hydroxylation is 7. The molecule has 1 heteroatoms. The highest BCUT2D eigenvalue weighted by Gasteiger charge is 2.25. The summed E-state index contributed by atoms with van der Waals surface area (Å²) in [7, 11) is 0. The summed E-state index contributed by atoms with van der Waals surface area (Å²) in [4.78, 5) is 4.94. The topological polar surface area (TPSA) is 12.9 Å². The van der Waals surface area contributed by atoms with E-state index >= 15 is 0 Å². The van der Waals surface area contributed by atoms with Crippen LogP contribution in [-0.4, -0.2) is 4.98 Å². The Labute approximate surface area is 158 Å². The zero-order chi connectivity index (χ0) is 19.0. The maximum atomic E-state index is 4.94. The first-order chi connectivity index (χ1) is 12.3. The van der Waals surface area contributed by atoms with Gasteiger partial charge in [-0.25, -0.2) is 0 Å². The van der Waals surface area contributed by atoms with Crippen molar-refractivity contribution in [3.05, 3.63) is 98.4 Å². The van der Waals surface area contributed by atoms with Gasteiger partial charge in [0, 0.05) is 5.69 Å². The van der Waals surface area contributed by atoms with Crippen LogP contribution in [0.3, 0.4) is 0 Å². The summed E-state index contributed by atoms with van der Waals surface area (Å²) < 4.78 is 0. The van der Waals surface area contributed by atoms with Crippen LogP contribution in [0.4, 0.5) is 0 Å². The van der Waals surface area contributed by atoms with Gasteiger partial charge >= 0.3 is 0 Å². The SMILES string of the molecule is Cc1cc(C)c(C(c2cccc(C)n2)c2c(C)cc(C)cc2C)c(C)c1. The third-order valence-electron chi connectivity index (χ3n) is 5.26. The van der Waals surface area contributed by atoms with Crippen molar-refractivity contribution >= 4 is 0 Å².